The minimum absolute atomic E-state index is 0.0762. The smallest absolute Gasteiger partial charge is 0.325 e. The van der Waals surface area contributed by atoms with Crippen molar-refractivity contribution in [2.24, 2.45) is 5.16 Å². The number of ketones is 1. The molecule has 0 unspecified atom stereocenters. The lowest BCUT2D eigenvalue weighted by atomic mass is 9.93. The number of Topliss-reactive ketones (excluding diaryl/α,β-unsaturated/α-hetero) is 1. The molecule has 2 N–H and O–H groups in total. The third-order valence-corrected chi connectivity index (χ3v) is 5.01. The van der Waals surface area contributed by atoms with Gasteiger partial charge in [-0.2, -0.15) is 0 Å². The summed E-state index contributed by atoms with van der Waals surface area (Å²) in [7, 11) is 0. The van der Waals surface area contributed by atoms with Crippen molar-refractivity contribution < 1.29 is 23.2 Å². The van der Waals surface area contributed by atoms with Crippen molar-refractivity contribution in [3.05, 3.63) is 71.6 Å². The number of anilines is 2. The van der Waals surface area contributed by atoms with Crippen LogP contribution in [0.2, 0.25) is 0 Å². The highest BCUT2D eigenvalue weighted by Crippen LogP contribution is 2.27. The summed E-state index contributed by atoms with van der Waals surface area (Å²) in [6.45, 7) is 5.17. The van der Waals surface area contributed by atoms with Crippen molar-refractivity contribution in [2.45, 2.75) is 26.4 Å². The Labute approximate surface area is 187 Å². The Balaban J connectivity index is 1.52. The predicted octanol–water partition coefficient (Wildman–Crippen LogP) is 4.46. The second-order valence-electron chi connectivity index (χ2n) is 7.86. The Morgan fingerprint density at radius 1 is 1.03 bits per heavy atom. The molecule has 0 atom stereocenters. The lowest BCUT2D eigenvalue weighted by Crippen LogP contribution is -2.33. The number of aromatic nitrogens is 2. The molecule has 0 bridgehead atoms. The highest BCUT2D eigenvalue weighted by Gasteiger charge is 2.40. The minimum Gasteiger partial charge on any atom is -0.381 e. The van der Waals surface area contributed by atoms with Gasteiger partial charge in [-0.3, -0.25) is 15.1 Å². The molecule has 168 valence electrons. The van der Waals surface area contributed by atoms with Crippen LogP contribution in [0, 0.1) is 18.6 Å². The maximum Gasteiger partial charge on any atom is 0.325 e. The second-order valence-corrected chi connectivity index (χ2v) is 7.86. The van der Waals surface area contributed by atoms with E-state index >= 15 is 0 Å². The van der Waals surface area contributed by atoms with Crippen molar-refractivity contribution in [1.82, 2.24) is 9.97 Å². The van der Waals surface area contributed by atoms with Crippen LogP contribution in [0.5, 0.6) is 0 Å². The molecule has 3 aromatic rings. The first-order chi connectivity index (χ1) is 15.7. The average Bonchev–Trinajstić information content (AvgIpc) is 3.05. The molecule has 2 aromatic carbocycles. The molecule has 2 amide bonds. The highest BCUT2D eigenvalue weighted by atomic mass is 19.1. The molecular formula is C23H19F2N5O3. The van der Waals surface area contributed by atoms with E-state index in [0.717, 1.165) is 17.7 Å². The van der Waals surface area contributed by atoms with Gasteiger partial charge in [0.25, 0.3) is 0 Å². The van der Waals surface area contributed by atoms with Gasteiger partial charge in [0.15, 0.2) is 17.1 Å². The fraction of sp³-hybridized carbons (Fsp3) is 0.174. The third-order valence-electron chi connectivity index (χ3n) is 5.01. The van der Waals surface area contributed by atoms with Crippen LogP contribution in [0.25, 0.3) is 11.3 Å². The maximum atomic E-state index is 13.7. The van der Waals surface area contributed by atoms with E-state index in [0.29, 0.717) is 16.8 Å². The van der Waals surface area contributed by atoms with Gasteiger partial charge in [0.05, 0.1) is 18.1 Å². The van der Waals surface area contributed by atoms with E-state index in [1.54, 1.807) is 26.0 Å². The molecule has 8 nitrogen and oxygen atoms in total. The number of carbonyl (C=O) groups excluding carboxylic acids is 2. The molecule has 4 rings (SSSR count). The Hall–Kier alpha value is -4.21. The lowest BCUT2D eigenvalue weighted by molar-refractivity contribution is -0.128. The number of rotatable bonds is 4. The number of hydrogen-bond acceptors (Lipinski definition) is 6. The Morgan fingerprint density at radius 2 is 1.76 bits per heavy atom. The molecule has 0 fully saturated rings. The average molecular weight is 451 g/mol. The van der Waals surface area contributed by atoms with Crippen molar-refractivity contribution in [3.8, 4) is 11.3 Å². The van der Waals surface area contributed by atoms with Crippen LogP contribution in [0.4, 0.5) is 25.1 Å². The number of nitrogens with zero attached hydrogens (tertiary/aromatic N) is 3. The largest absolute Gasteiger partial charge is 0.381 e. The van der Waals surface area contributed by atoms with Gasteiger partial charge in [0, 0.05) is 11.1 Å². The van der Waals surface area contributed by atoms with Crippen LogP contribution in [0.15, 0.2) is 53.9 Å². The van der Waals surface area contributed by atoms with Gasteiger partial charge in [-0.25, -0.2) is 18.6 Å². The zero-order valence-corrected chi connectivity index (χ0v) is 17.9. The number of amides is 2. The van der Waals surface area contributed by atoms with Crippen molar-refractivity contribution in [1.29, 1.82) is 0 Å². The summed E-state index contributed by atoms with van der Waals surface area (Å²) < 4.78 is 27.4. The molecule has 0 aliphatic carbocycles. The molecule has 10 heteroatoms. The van der Waals surface area contributed by atoms with Gasteiger partial charge in [-0.15, -0.1) is 0 Å². The van der Waals surface area contributed by atoms with Crippen molar-refractivity contribution in [3.63, 3.8) is 0 Å². The fourth-order valence-corrected chi connectivity index (χ4v) is 3.17. The molecule has 2 heterocycles. The normalized spacial score (nSPS) is 14.5. The van der Waals surface area contributed by atoms with Crippen LogP contribution in [-0.2, 0) is 9.63 Å². The number of halogens is 2. The van der Waals surface area contributed by atoms with E-state index in [1.165, 1.54) is 18.5 Å². The van der Waals surface area contributed by atoms with Gasteiger partial charge in [-0.1, -0.05) is 23.4 Å². The van der Waals surface area contributed by atoms with Gasteiger partial charge in [0.1, 0.15) is 17.3 Å². The van der Waals surface area contributed by atoms with E-state index in [4.69, 9.17) is 4.84 Å². The first-order valence-electron chi connectivity index (χ1n) is 9.92. The van der Waals surface area contributed by atoms with Crippen LogP contribution in [0.1, 0.15) is 25.0 Å². The van der Waals surface area contributed by atoms with Crippen molar-refractivity contribution in [2.75, 3.05) is 10.6 Å². The summed E-state index contributed by atoms with van der Waals surface area (Å²) in [5, 5.41) is 8.40. The number of urea groups is 1. The third kappa shape index (κ3) is 4.40. The van der Waals surface area contributed by atoms with Gasteiger partial charge < -0.3 is 10.2 Å². The Kier molecular flexibility index (Phi) is 5.59. The van der Waals surface area contributed by atoms with E-state index in [2.05, 4.69) is 25.8 Å². The number of benzene rings is 2. The van der Waals surface area contributed by atoms with E-state index in [9.17, 15) is 18.4 Å². The molecule has 0 radical (unpaired) electrons. The van der Waals surface area contributed by atoms with Gasteiger partial charge in [0.2, 0.25) is 5.78 Å². The maximum absolute atomic E-state index is 13.7. The summed E-state index contributed by atoms with van der Waals surface area (Å²) in [6.07, 6.45) is 2.74. The SMILES string of the molecule is Cc1ccc(C2=NOC(C)(C)C2=O)cc1-c1cnc(NC(=O)Nc2c(F)cccc2F)cn1. The molecule has 1 aliphatic rings. The summed E-state index contributed by atoms with van der Waals surface area (Å²) in [4.78, 5) is 38.3. The predicted molar refractivity (Wildman–Crippen MR) is 118 cm³/mol. The zero-order valence-electron chi connectivity index (χ0n) is 17.9. The van der Waals surface area contributed by atoms with Gasteiger partial charge >= 0.3 is 6.03 Å². The standard InChI is InChI=1S/C23H19F2N5O3/c1-12-7-8-13(19-21(31)23(2,3)33-30-19)9-14(12)17-10-27-18(11-26-17)28-22(32)29-20-15(24)5-4-6-16(20)25/h4-11H,1-3H3,(H2,27,28,29,32). The Morgan fingerprint density at radius 3 is 2.36 bits per heavy atom. The van der Waals surface area contributed by atoms with E-state index in [1.807, 2.05) is 13.0 Å². The molecular weight excluding hydrogens is 432 g/mol. The number of aryl methyl sites for hydroxylation is 1. The molecule has 0 spiro atoms. The topological polar surface area (TPSA) is 106 Å². The number of para-hydroxylation sites is 1. The number of hydrogen-bond donors (Lipinski definition) is 2. The second kappa shape index (κ2) is 8.38. The summed E-state index contributed by atoms with van der Waals surface area (Å²) >= 11 is 0. The quantitative estimate of drug-likeness (QED) is 0.610. The Bertz CT molecular complexity index is 1270. The summed E-state index contributed by atoms with van der Waals surface area (Å²) in [5.74, 6) is -1.95. The minimum atomic E-state index is -1.01. The van der Waals surface area contributed by atoms with Crippen molar-refractivity contribution >= 4 is 29.0 Å². The monoisotopic (exact) mass is 451 g/mol. The fourth-order valence-electron chi connectivity index (χ4n) is 3.17. The van der Waals surface area contributed by atoms with Crippen LogP contribution < -0.4 is 10.6 Å². The first kappa shape index (κ1) is 22.0. The molecule has 0 saturated heterocycles. The van der Waals surface area contributed by atoms with E-state index in [-0.39, 0.29) is 17.3 Å². The van der Waals surface area contributed by atoms with Gasteiger partial charge in [-0.05, 0) is 44.5 Å². The number of carbonyl (C=O) groups is 2. The van der Waals surface area contributed by atoms with Crippen LogP contribution in [-0.4, -0.2) is 33.1 Å². The van der Waals surface area contributed by atoms with Crippen LogP contribution in [0.3, 0.4) is 0 Å². The number of nitrogens with one attached hydrogen (secondary N) is 2. The molecule has 1 aromatic heterocycles. The highest BCUT2D eigenvalue weighted by molar-refractivity contribution is 6.49. The van der Waals surface area contributed by atoms with Crippen LogP contribution >= 0.6 is 0 Å². The zero-order chi connectivity index (χ0) is 23.8. The molecule has 0 saturated carbocycles. The lowest BCUT2D eigenvalue weighted by Gasteiger charge is -2.12. The number of oxime groups is 1. The summed E-state index contributed by atoms with van der Waals surface area (Å²) in [6, 6.07) is 7.74. The van der Waals surface area contributed by atoms with E-state index < -0.39 is 29.0 Å². The molecule has 1 aliphatic heterocycles. The summed E-state index contributed by atoms with van der Waals surface area (Å²) in [5.41, 5.74) is 1.32. The molecule has 33 heavy (non-hydrogen) atoms. The first-order valence-corrected chi connectivity index (χ1v) is 9.92.